The highest BCUT2D eigenvalue weighted by Gasteiger charge is 2.42. The summed E-state index contributed by atoms with van der Waals surface area (Å²) < 4.78 is 33.0. The largest absolute Gasteiger partial charge is 0.495 e. The average molecular weight is 319 g/mol. The number of benzene rings is 1. The molecular weight excluding hydrogens is 300 g/mol. The summed E-state index contributed by atoms with van der Waals surface area (Å²) in [6.45, 7) is 2.36. The highest BCUT2D eigenvalue weighted by atomic mass is 35.5. The van der Waals surface area contributed by atoms with Crippen molar-refractivity contribution in [3.8, 4) is 5.75 Å². The van der Waals surface area contributed by atoms with Gasteiger partial charge in [0.05, 0.1) is 7.11 Å². The van der Waals surface area contributed by atoms with Crippen LogP contribution in [0, 0.1) is 0 Å². The van der Waals surface area contributed by atoms with E-state index in [1.54, 1.807) is 13.1 Å². The first-order chi connectivity index (χ1) is 9.31. The van der Waals surface area contributed by atoms with Crippen LogP contribution in [0.2, 0.25) is 5.02 Å². The van der Waals surface area contributed by atoms with Crippen molar-refractivity contribution in [2.24, 2.45) is 0 Å². The van der Waals surface area contributed by atoms with Crippen molar-refractivity contribution in [3.63, 3.8) is 0 Å². The molecule has 112 valence electrons. The number of ether oxygens (including phenoxy) is 1. The molecule has 0 bridgehead atoms. The fourth-order valence-electron chi connectivity index (χ4n) is 2.04. The van der Waals surface area contributed by atoms with Gasteiger partial charge in [0.1, 0.15) is 10.6 Å². The highest BCUT2D eigenvalue weighted by molar-refractivity contribution is 7.89. The highest BCUT2D eigenvalue weighted by Crippen LogP contribution is 2.38. The van der Waals surface area contributed by atoms with E-state index in [0.717, 1.165) is 12.8 Å². The van der Waals surface area contributed by atoms with Crippen molar-refractivity contribution < 1.29 is 13.2 Å². The average Bonchev–Trinajstić information content (AvgIpc) is 3.05. The Balaban J connectivity index is 2.49. The van der Waals surface area contributed by atoms with Crippen LogP contribution >= 0.6 is 11.6 Å². The number of methoxy groups -OCH3 is 1. The summed E-state index contributed by atoms with van der Waals surface area (Å²) in [6.07, 6.45) is 1.69. The van der Waals surface area contributed by atoms with Crippen molar-refractivity contribution in [3.05, 3.63) is 22.7 Å². The summed E-state index contributed by atoms with van der Waals surface area (Å²) >= 11 is 6.03. The van der Waals surface area contributed by atoms with Crippen LogP contribution in [0.15, 0.2) is 17.0 Å². The minimum Gasteiger partial charge on any atom is -0.495 e. The lowest BCUT2D eigenvalue weighted by Gasteiger charge is -2.17. The molecule has 7 heteroatoms. The van der Waals surface area contributed by atoms with Gasteiger partial charge in [-0.05, 0) is 38.9 Å². The molecule has 0 unspecified atom stereocenters. The van der Waals surface area contributed by atoms with E-state index >= 15 is 0 Å². The Morgan fingerprint density at radius 1 is 1.40 bits per heavy atom. The number of hydrogen-bond donors (Lipinski definition) is 2. The third-order valence-corrected chi connectivity index (χ3v) is 5.20. The van der Waals surface area contributed by atoms with E-state index in [2.05, 4.69) is 10.0 Å². The molecular formula is C13H19ClN2O3S. The topological polar surface area (TPSA) is 67.4 Å². The van der Waals surface area contributed by atoms with Gasteiger partial charge in [0.25, 0.3) is 0 Å². The Kier molecular flexibility index (Phi) is 4.30. The van der Waals surface area contributed by atoms with Crippen LogP contribution in [0.5, 0.6) is 5.75 Å². The van der Waals surface area contributed by atoms with E-state index in [9.17, 15) is 8.42 Å². The Labute approximate surface area is 124 Å². The summed E-state index contributed by atoms with van der Waals surface area (Å²) in [4.78, 5) is 0.0888. The van der Waals surface area contributed by atoms with E-state index in [1.165, 1.54) is 13.2 Å². The summed E-state index contributed by atoms with van der Waals surface area (Å²) in [6, 6.07) is 3.13. The molecule has 0 spiro atoms. The molecule has 1 aromatic carbocycles. The number of rotatable bonds is 6. The van der Waals surface area contributed by atoms with E-state index in [-0.39, 0.29) is 10.4 Å². The minimum absolute atomic E-state index is 0.0888. The van der Waals surface area contributed by atoms with Gasteiger partial charge >= 0.3 is 0 Å². The molecule has 2 rings (SSSR count). The maximum atomic E-state index is 12.5. The summed E-state index contributed by atoms with van der Waals surface area (Å²) in [5.74, 6) is 0.334. The SMILES string of the molecule is CNCc1cc(Cl)cc(S(=O)(=O)NC2(C)CC2)c1OC. The van der Waals surface area contributed by atoms with Crippen molar-refractivity contribution in [2.75, 3.05) is 14.2 Å². The van der Waals surface area contributed by atoms with Crippen LogP contribution in [0.3, 0.4) is 0 Å². The normalized spacial score (nSPS) is 17.0. The lowest BCUT2D eigenvalue weighted by molar-refractivity contribution is 0.395. The standard InChI is InChI=1S/C13H19ClN2O3S/c1-13(4-5-13)16-20(17,18)11-7-10(14)6-9(8-15-2)12(11)19-3/h6-7,15-16H,4-5,8H2,1-3H3. The van der Waals surface area contributed by atoms with E-state index in [0.29, 0.717) is 22.9 Å². The number of nitrogens with one attached hydrogen (secondary N) is 2. The zero-order valence-corrected chi connectivity index (χ0v) is 13.4. The fraction of sp³-hybridized carbons (Fsp3) is 0.538. The van der Waals surface area contributed by atoms with Gasteiger partial charge in [-0.25, -0.2) is 13.1 Å². The molecule has 0 aromatic heterocycles. The number of halogens is 1. The predicted octanol–water partition coefficient (Wildman–Crippen LogP) is 1.90. The second-order valence-corrected chi connectivity index (χ2v) is 7.38. The van der Waals surface area contributed by atoms with Crippen molar-refractivity contribution in [1.29, 1.82) is 0 Å². The van der Waals surface area contributed by atoms with Crippen LogP contribution in [-0.4, -0.2) is 28.1 Å². The van der Waals surface area contributed by atoms with Gasteiger partial charge in [0.15, 0.2) is 0 Å². The van der Waals surface area contributed by atoms with Gasteiger partial charge in [0, 0.05) is 22.7 Å². The Morgan fingerprint density at radius 2 is 2.05 bits per heavy atom. The molecule has 1 aromatic rings. The van der Waals surface area contributed by atoms with Gasteiger partial charge in [-0.1, -0.05) is 11.6 Å². The minimum atomic E-state index is -3.65. The van der Waals surface area contributed by atoms with E-state index in [1.807, 2.05) is 6.92 Å². The number of sulfonamides is 1. The predicted molar refractivity (Wildman–Crippen MR) is 78.7 cm³/mol. The van der Waals surface area contributed by atoms with Crippen LogP contribution in [0.25, 0.3) is 0 Å². The second-order valence-electron chi connectivity index (χ2n) is 5.29. The molecule has 0 saturated heterocycles. The van der Waals surface area contributed by atoms with Crippen molar-refractivity contribution >= 4 is 21.6 Å². The van der Waals surface area contributed by atoms with Gasteiger partial charge in [-0.3, -0.25) is 0 Å². The Hall–Kier alpha value is -0.820. The molecule has 5 nitrogen and oxygen atoms in total. The molecule has 1 aliphatic carbocycles. The molecule has 1 fully saturated rings. The monoisotopic (exact) mass is 318 g/mol. The smallest absolute Gasteiger partial charge is 0.244 e. The number of hydrogen-bond acceptors (Lipinski definition) is 4. The van der Waals surface area contributed by atoms with Gasteiger partial charge < -0.3 is 10.1 Å². The molecule has 20 heavy (non-hydrogen) atoms. The molecule has 0 heterocycles. The first-order valence-corrected chi connectivity index (χ1v) is 8.22. The summed E-state index contributed by atoms with van der Waals surface area (Å²) in [7, 11) is -0.414. The van der Waals surface area contributed by atoms with Gasteiger partial charge in [-0.15, -0.1) is 0 Å². The molecule has 0 atom stereocenters. The third-order valence-electron chi connectivity index (χ3n) is 3.34. The lowest BCUT2D eigenvalue weighted by Crippen LogP contribution is -2.34. The quantitative estimate of drug-likeness (QED) is 0.840. The first kappa shape index (κ1) is 15.6. The molecule has 2 N–H and O–H groups in total. The van der Waals surface area contributed by atoms with Crippen LogP contribution in [0.4, 0.5) is 0 Å². The van der Waals surface area contributed by atoms with Crippen LogP contribution < -0.4 is 14.8 Å². The first-order valence-electron chi connectivity index (χ1n) is 6.36. The Bertz CT molecular complexity index is 612. The maximum absolute atomic E-state index is 12.5. The van der Waals surface area contributed by atoms with Crippen molar-refractivity contribution in [2.45, 2.75) is 36.7 Å². The molecule has 1 saturated carbocycles. The third kappa shape index (κ3) is 3.25. The summed E-state index contributed by atoms with van der Waals surface area (Å²) in [5.41, 5.74) is 0.374. The van der Waals surface area contributed by atoms with E-state index in [4.69, 9.17) is 16.3 Å². The molecule has 0 radical (unpaired) electrons. The van der Waals surface area contributed by atoms with Crippen LogP contribution in [0.1, 0.15) is 25.3 Å². The molecule has 0 aliphatic heterocycles. The summed E-state index contributed by atoms with van der Waals surface area (Å²) in [5, 5.41) is 3.34. The maximum Gasteiger partial charge on any atom is 0.244 e. The van der Waals surface area contributed by atoms with Gasteiger partial charge in [-0.2, -0.15) is 0 Å². The molecule has 1 aliphatic rings. The lowest BCUT2D eigenvalue weighted by atomic mass is 10.2. The van der Waals surface area contributed by atoms with Crippen LogP contribution in [-0.2, 0) is 16.6 Å². The van der Waals surface area contributed by atoms with Crippen molar-refractivity contribution in [1.82, 2.24) is 10.0 Å². The van der Waals surface area contributed by atoms with Gasteiger partial charge in [0.2, 0.25) is 10.0 Å². The zero-order valence-electron chi connectivity index (χ0n) is 11.8. The zero-order chi connectivity index (χ0) is 15.0. The Morgan fingerprint density at radius 3 is 2.55 bits per heavy atom. The second kappa shape index (κ2) is 5.52. The fourth-order valence-corrected chi connectivity index (χ4v) is 4.05. The van der Waals surface area contributed by atoms with E-state index < -0.39 is 10.0 Å². The molecule has 0 amide bonds.